The molecular formula is C20H19F2NO. The molecule has 0 spiro atoms. The second kappa shape index (κ2) is 6.00. The third-order valence-corrected chi connectivity index (χ3v) is 4.98. The van der Waals surface area contributed by atoms with Crippen molar-refractivity contribution in [3.8, 4) is 0 Å². The first-order chi connectivity index (χ1) is 11.6. The molecule has 2 unspecified atom stereocenters. The molecule has 2 fully saturated rings. The summed E-state index contributed by atoms with van der Waals surface area (Å²) >= 11 is 0. The van der Waals surface area contributed by atoms with Gasteiger partial charge in [0.2, 0.25) is 5.91 Å². The molecule has 124 valence electrons. The molecule has 0 bridgehead atoms. The zero-order valence-electron chi connectivity index (χ0n) is 13.3. The van der Waals surface area contributed by atoms with Gasteiger partial charge in [-0.05, 0) is 48.9 Å². The zero-order chi connectivity index (χ0) is 16.7. The highest BCUT2D eigenvalue weighted by Gasteiger charge is 2.48. The number of nitrogens with zero attached hydrogens (tertiary/aromatic N) is 1. The molecular weight excluding hydrogens is 308 g/mol. The van der Waals surface area contributed by atoms with E-state index in [1.165, 1.54) is 18.2 Å². The Kier molecular flexibility index (Phi) is 3.83. The summed E-state index contributed by atoms with van der Waals surface area (Å²) in [5.74, 6) is -0.304. The maximum atomic E-state index is 13.9. The Labute approximate surface area is 140 Å². The summed E-state index contributed by atoms with van der Waals surface area (Å²) in [7, 11) is 0. The predicted molar refractivity (Wildman–Crippen MR) is 87.2 cm³/mol. The molecule has 0 heterocycles. The van der Waals surface area contributed by atoms with Crippen LogP contribution in [0.1, 0.15) is 36.3 Å². The highest BCUT2D eigenvalue weighted by molar-refractivity contribution is 5.83. The van der Waals surface area contributed by atoms with Gasteiger partial charge in [-0.2, -0.15) is 0 Å². The van der Waals surface area contributed by atoms with E-state index in [1.54, 1.807) is 30.3 Å². The van der Waals surface area contributed by atoms with Gasteiger partial charge in [0.25, 0.3) is 0 Å². The van der Waals surface area contributed by atoms with Crippen LogP contribution < -0.4 is 0 Å². The Hall–Kier alpha value is -2.23. The minimum Gasteiger partial charge on any atom is -0.335 e. The van der Waals surface area contributed by atoms with Crippen LogP contribution in [0.2, 0.25) is 0 Å². The molecule has 2 aromatic carbocycles. The first kappa shape index (κ1) is 15.3. The number of hydrogen-bond acceptors (Lipinski definition) is 1. The van der Waals surface area contributed by atoms with Gasteiger partial charge in [-0.1, -0.05) is 30.3 Å². The summed E-state index contributed by atoms with van der Waals surface area (Å²) < 4.78 is 27.0. The lowest BCUT2D eigenvalue weighted by Gasteiger charge is -2.23. The molecule has 0 saturated heterocycles. The van der Waals surface area contributed by atoms with Crippen LogP contribution in [-0.2, 0) is 11.3 Å². The smallest absolute Gasteiger partial charge is 0.226 e. The molecule has 4 rings (SSSR count). The monoisotopic (exact) mass is 327 g/mol. The quantitative estimate of drug-likeness (QED) is 0.803. The Bertz CT molecular complexity index is 754. The standard InChI is InChI=1S/C20H19F2NO/c21-15-7-5-13(6-8-15)17-11-18(17)20(24)23(16-9-10-16)12-14-3-1-2-4-19(14)22/h1-8,16-18H,9-12H2. The van der Waals surface area contributed by atoms with E-state index < -0.39 is 0 Å². The highest BCUT2D eigenvalue weighted by atomic mass is 19.1. The first-order valence-corrected chi connectivity index (χ1v) is 8.43. The maximum Gasteiger partial charge on any atom is 0.226 e. The number of hydrogen-bond donors (Lipinski definition) is 0. The summed E-state index contributed by atoms with van der Waals surface area (Å²) in [5, 5.41) is 0. The summed E-state index contributed by atoms with van der Waals surface area (Å²) in [5.41, 5.74) is 1.58. The van der Waals surface area contributed by atoms with Gasteiger partial charge in [-0.25, -0.2) is 8.78 Å². The van der Waals surface area contributed by atoms with Crippen LogP contribution in [0.4, 0.5) is 8.78 Å². The van der Waals surface area contributed by atoms with Crippen molar-refractivity contribution in [3.63, 3.8) is 0 Å². The van der Waals surface area contributed by atoms with Crippen molar-refractivity contribution in [1.29, 1.82) is 0 Å². The minimum atomic E-state index is -0.263. The molecule has 24 heavy (non-hydrogen) atoms. The van der Waals surface area contributed by atoms with E-state index in [1.807, 2.05) is 4.90 Å². The minimum absolute atomic E-state index is 0.0529. The van der Waals surface area contributed by atoms with Gasteiger partial charge >= 0.3 is 0 Å². The van der Waals surface area contributed by atoms with Crippen molar-refractivity contribution < 1.29 is 13.6 Å². The van der Waals surface area contributed by atoms with E-state index in [0.29, 0.717) is 12.1 Å². The first-order valence-electron chi connectivity index (χ1n) is 8.43. The third-order valence-electron chi connectivity index (χ3n) is 4.98. The van der Waals surface area contributed by atoms with Crippen molar-refractivity contribution in [2.75, 3.05) is 0 Å². The number of amides is 1. The predicted octanol–water partition coefficient (Wildman–Crippen LogP) is 4.26. The number of carbonyl (C=O) groups excluding carboxylic acids is 1. The Balaban J connectivity index is 1.48. The normalized spacial score (nSPS) is 22.2. The van der Waals surface area contributed by atoms with E-state index in [9.17, 15) is 13.6 Å². The topological polar surface area (TPSA) is 20.3 Å². The van der Waals surface area contributed by atoms with E-state index in [4.69, 9.17) is 0 Å². The molecule has 2 aliphatic carbocycles. The van der Waals surface area contributed by atoms with Crippen LogP contribution in [0.3, 0.4) is 0 Å². The molecule has 1 amide bonds. The maximum absolute atomic E-state index is 13.9. The lowest BCUT2D eigenvalue weighted by molar-refractivity contribution is -0.133. The lowest BCUT2D eigenvalue weighted by Crippen LogP contribution is -2.34. The summed E-state index contributed by atoms with van der Waals surface area (Å²) in [6.07, 6.45) is 2.78. The fraction of sp³-hybridized carbons (Fsp3) is 0.350. The largest absolute Gasteiger partial charge is 0.335 e. The van der Waals surface area contributed by atoms with Gasteiger partial charge in [0, 0.05) is 24.1 Å². The van der Waals surface area contributed by atoms with Crippen LogP contribution in [-0.4, -0.2) is 16.8 Å². The van der Waals surface area contributed by atoms with Crippen LogP contribution in [0.5, 0.6) is 0 Å². The summed E-state index contributed by atoms with van der Waals surface area (Å²) in [4.78, 5) is 14.7. The van der Waals surface area contributed by atoms with Gasteiger partial charge in [0.05, 0.1) is 0 Å². The zero-order valence-corrected chi connectivity index (χ0v) is 13.3. The fourth-order valence-corrected chi connectivity index (χ4v) is 3.34. The molecule has 2 atom stereocenters. The van der Waals surface area contributed by atoms with Crippen LogP contribution >= 0.6 is 0 Å². The summed E-state index contributed by atoms with van der Waals surface area (Å²) in [6, 6.07) is 13.3. The van der Waals surface area contributed by atoms with E-state index in [2.05, 4.69) is 0 Å². The van der Waals surface area contributed by atoms with Gasteiger partial charge in [-0.3, -0.25) is 4.79 Å². The van der Waals surface area contributed by atoms with Crippen LogP contribution in [0, 0.1) is 17.6 Å². The van der Waals surface area contributed by atoms with Gasteiger partial charge < -0.3 is 4.90 Å². The second-order valence-corrected chi connectivity index (χ2v) is 6.79. The number of benzene rings is 2. The van der Waals surface area contributed by atoms with E-state index in [0.717, 1.165) is 24.8 Å². The molecule has 4 heteroatoms. The van der Waals surface area contributed by atoms with Crippen molar-refractivity contribution in [1.82, 2.24) is 4.90 Å². The molecule has 2 aromatic rings. The third kappa shape index (κ3) is 3.05. The van der Waals surface area contributed by atoms with Crippen LogP contribution in [0.25, 0.3) is 0 Å². The van der Waals surface area contributed by atoms with Crippen molar-refractivity contribution in [2.24, 2.45) is 5.92 Å². The van der Waals surface area contributed by atoms with E-state index >= 15 is 0 Å². The Morgan fingerprint density at radius 1 is 1.04 bits per heavy atom. The van der Waals surface area contributed by atoms with Gasteiger partial charge in [0.15, 0.2) is 0 Å². The number of rotatable bonds is 5. The fourth-order valence-electron chi connectivity index (χ4n) is 3.34. The van der Waals surface area contributed by atoms with Crippen molar-refractivity contribution >= 4 is 5.91 Å². The molecule has 2 nitrogen and oxygen atoms in total. The SMILES string of the molecule is O=C(C1CC1c1ccc(F)cc1)N(Cc1ccccc1F)C1CC1. The van der Waals surface area contributed by atoms with Gasteiger partial charge in [0.1, 0.15) is 11.6 Å². The molecule has 0 aromatic heterocycles. The molecule has 0 aliphatic heterocycles. The molecule has 0 N–H and O–H groups in total. The Morgan fingerprint density at radius 3 is 2.42 bits per heavy atom. The van der Waals surface area contributed by atoms with Crippen molar-refractivity contribution in [2.45, 2.75) is 37.8 Å². The Morgan fingerprint density at radius 2 is 1.75 bits per heavy atom. The lowest BCUT2D eigenvalue weighted by atomic mass is 10.1. The average Bonchev–Trinajstić information content (AvgIpc) is 3.47. The molecule has 0 radical (unpaired) electrons. The average molecular weight is 327 g/mol. The number of halogens is 2. The highest BCUT2D eigenvalue weighted by Crippen LogP contribution is 2.49. The summed E-state index contributed by atoms with van der Waals surface area (Å²) in [6.45, 7) is 0.336. The van der Waals surface area contributed by atoms with E-state index in [-0.39, 0.29) is 35.4 Å². The second-order valence-electron chi connectivity index (χ2n) is 6.79. The molecule has 2 aliphatic rings. The van der Waals surface area contributed by atoms with Gasteiger partial charge in [-0.15, -0.1) is 0 Å². The van der Waals surface area contributed by atoms with Crippen molar-refractivity contribution in [3.05, 3.63) is 71.3 Å². The van der Waals surface area contributed by atoms with Crippen LogP contribution in [0.15, 0.2) is 48.5 Å². The number of carbonyl (C=O) groups is 1. The molecule has 2 saturated carbocycles.